The van der Waals surface area contributed by atoms with Gasteiger partial charge < -0.3 is 30.3 Å². The molecule has 0 aliphatic carbocycles. The Labute approximate surface area is 213 Å². The minimum Gasteiger partial charge on any atom is -0.394 e. The number of hydrogen-bond donors (Lipinski definition) is 3. The zero-order valence-corrected chi connectivity index (χ0v) is 22.2. The maximum Gasteiger partial charge on any atom is 0.250 e. The minimum absolute atomic E-state index is 0.0262. The third kappa shape index (κ3) is 3.70. The Morgan fingerprint density at radius 2 is 1.83 bits per heavy atom. The first-order valence-electron chi connectivity index (χ1n) is 13.1. The lowest BCUT2D eigenvalue weighted by Crippen LogP contribution is -2.56. The lowest BCUT2D eigenvalue weighted by atomic mass is 9.62. The summed E-state index contributed by atoms with van der Waals surface area (Å²) in [6.07, 6.45) is 0.968. The van der Waals surface area contributed by atoms with Crippen molar-refractivity contribution in [3.8, 4) is 0 Å². The highest BCUT2D eigenvalue weighted by Gasteiger charge is 2.80. The molecular formula is C27H40N4O5. The Balaban J connectivity index is 1.72. The monoisotopic (exact) mass is 500 g/mol. The molecule has 36 heavy (non-hydrogen) atoms. The molecule has 1 spiro atoms. The molecule has 3 saturated heterocycles. The van der Waals surface area contributed by atoms with Crippen LogP contribution in [0, 0.1) is 17.8 Å². The second kappa shape index (κ2) is 9.67. The quantitative estimate of drug-likeness (QED) is 0.478. The highest BCUT2D eigenvalue weighted by atomic mass is 16.5. The summed E-state index contributed by atoms with van der Waals surface area (Å²) in [6, 6.07) is 6.14. The SMILES string of the molecule is CC[C@@H](CO)N1C(=O)[C@@H]2[C@@H](C(=O)NC)[C@]3(C)OC2(CC3C)C1C(=O)Nc1ccc(N(CC)CC)cc1. The van der Waals surface area contributed by atoms with Crippen molar-refractivity contribution in [2.24, 2.45) is 17.8 Å². The van der Waals surface area contributed by atoms with Crippen molar-refractivity contribution >= 4 is 29.1 Å². The Kier molecular flexibility index (Phi) is 7.09. The molecule has 3 aliphatic rings. The van der Waals surface area contributed by atoms with Crippen LogP contribution in [0.1, 0.15) is 47.5 Å². The maximum atomic E-state index is 13.9. The van der Waals surface area contributed by atoms with E-state index in [9.17, 15) is 19.5 Å². The number of ether oxygens (including phenoxy) is 1. The smallest absolute Gasteiger partial charge is 0.250 e. The van der Waals surface area contributed by atoms with Gasteiger partial charge in [-0.2, -0.15) is 0 Å². The van der Waals surface area contributed by atoms with Crippen molar-refractivity contribution in [2.45, 2.75) is 70.7 Å². The number of benzene rings is 1. The van der Waals surface area contributed by atoms with Gasteiger partial charge in [-0.15, -0.1) is 0 Å². The molecule has 4 rings (SSSR count). The number of carbonyl (C=O) groups excluding carboxylic acids is 3. The first-order chi connectivity index (χ1) is 17.1. The van der Waals surface area contributed by atoms with E-state index in [0.29, 0.717) is 18.5 Å². The molecule has 0 saturated carbocycles. The molecule has 3 aliphatic heterocycles. The van der Waals surface area contributed by atoms with Crippen LogP contribution in [0.3, 0.4) is 0 Å². The standard InChI is InChI=1S/C27H40N4O5/c1-7-18(15-32)31-22(24(34)29-17-10-12-19(13-11-17)30(8-2)9-3)27-14-16(4)26(5,36-27)20(23(33)28-6)21(27)25(31)35/h10-13,16,18,20-22,32H,7-9,14-15H2,1-6H3,(H,28,33)(H,29,34)/t16?,18-,20-,21-,22?,26+,27?/m0/s1. The van der Waals surface area contributed by atoms with Crippen LogP contribution in [0.2, 0.25) is 0 Å². The molecule has 3 amide bonds. The highest BCUT2D eigenvalue weighted by molar-refractivity contribution is 6.04. The second-order valence-electron chi connectivity index (χ2n) is 10.5. The summed E-state index contributed by atoms with van der Waals surface area (Å²) in [7, 11) is 1.56. The Morgan fingerprint density at radius 1 is 1.19 bits per heavy atom. The van der Waals surface area contributed by atoms with Crippen LogP contribution < -0.4 is 15.5 Å². The van der Waals surface area contributed by atoms with Gasteiger partial charge in [0.15, 0.2) is 0 Å². The van der Waals surface area contributed by atoms with Gasteiger partial charge in [0.25, 0.3) is 0 Å². The molecule has 0 aromatic heterocycles. The van der Waals surface area contributed by atoms with E-state index in [-0.39, 0.29) is 30.2 Å². The van der Waals surface area contributed by atoms with Gasteiger partial charge in [0.1, 0.15) is 11.6 Å². The van der Waals surface area contributed by atoms with Crippen LogP contribution in [0.15, 0.2) is 24.3 Å². The number of rotatable bonds is 9. The van der Waals surface area contributed by atoms with E-state index >= 15 is 0 Å². The summed E-state index contributed by atoms with van der Waals surface area (Å²) in [5, 5.41) is 15.8. The molecule has 1 aromatic rings. The summed E-state index contributed by atoms with van der Waals surface area (Å²) in [6.45, 7) is 11.4. The summed E-state index contributed by atoms with van der Waals surface area (Å²) in [5.41, 5.74) is -0.295. The number of carbonyl (C=O) groups is 3. The molecule has 1 aromatic carbocycles. The fraction of sp³-hybridized carbons (Fsp3) is 0.667. The Bertz CT molecular complexity index is 1010. The summed E-state index contributed by atoms with van der Waals surface area (Å²) < 4.78 is 6.64. The number of nitrogens with zero attached hydrogens (tertiary/aromatic N) is 2. The third-order valence-corrected chi connectivity index (χ3v) is 8.87. The summed E-state index contributed by atoms with van der Waals surface area (Å²) in [5.74, 6) is -2.42. The van der Waals surface area contributed by atoms with Gasteiger partial charge in [-0.3, -0.25) is 14.4 Å². The average molecular weight is 501 g/mol. The summed E-state index contributed by atoms with van der Waals surface area (Å²) >= 11 is 0. The fourth-order valence-corrected chi connectivity index (χ4v) is 6.89. The van der Waals surface area contributed by atoms with Crippen LogP contribution in [-0.4, -0.2) is 77.8 Å². The highest BCUT2D eigenvalue weighted by Crippen LogP contribution is 2.65. The number of aliphatic hydroxyl groups excluding tert-OH is 1. The van der Waals surface area contributed by atoms with Gasteiger partial charge in [0, 0.05) is 31.5 Å². The minimum atomic E-state index is -1.13. The molecule has 3 N–H and O–H groups in total. The third-order valence-electron chi connectivity index (χ3n) is 8.87. The van der Waals surface area contributed by atoms with E-state index in [1.807, 2.05) is 45.0 Å². The number of aliphatic hydroxyl groups is 1. The van der Waals surface area contributed by atoms with E-state index in [1.54, 1.807) is 7.05 Å². The van der Waals surface area contributed by atoms with Gasteiger partial charge in [-0.1, -0.05) is 13.8 Å². The van der Waals surface area contributed by atoms with E-state index < -0.39 is 35.1 Å². The lowest BCUT2D eigenvalue weighted by molar-refractivity contribution is -0.149. The number of hydrogen-bond acceptors (Lipinski definition) is 6. The van der Waals surface area contributed by atoms with Crippen LogP contribution in [0.4, 0.5) is 11.4 Å². The molecule has 3 fully saturated rings. The average Bonchev–Trinajstić information content (AvgIpc) is 3.38. The maximum absolute atomic E-state index is 13.9. The topological polar surface area (TPSA) is 111 Å². The predicted octanol–water partition coefficient (Wildman–Crippen LogP) is 2.00. The van der Waals surface area contributed by atoms with Crippen LogP contribution in [0.25, 0.3) is 0 Å². The summed E-state index contributed by atoms with van der Waals surface area (Å²) in [4.78, 5) is 44.6. The van der Waals surface area contributed by atoms with Gasteiger partial charge in [0.05, 0.1) is 30.1 Å². The van der Waals surface area contributed by atoms with Crippen LogP contribution in [-0.2, 0) is 19.1 Å². The van der Waals surface area contributed by atoms with Crippen molar-refractivity contribution in [1.29, 1.82) is 0 Å². The molecule has 198 valence electrons. The number of fused-ring (bicyclic) bond motifs is 1. The Morgan fingerprint density at radius 3 is 2.36 bits per heavy atom. The fourth-order valence-electron chi connectivity index (χ4n) is 6.89. The second-order valence-corrected chi connectivity index (χ2v) is 10.5. The van der Waals surface area contributed by atoms with E-state index in [0.717, 1.165) is 18.8 Å². The van der Waals surface area contributed by atoms with E-state index in [2.05, 4.69) is 29.4 Å². The van der Waals surface area contributed by atoms with Gasteiger partial charge in [-0.05, 0) is 63.8 Å². The number of nitrogens with one attached hydrogen (secondary N) is 2. The van der Waals surface area contributed by atoms with Gasteiger partial charge in [-0.25, -0.2) is 0 Å². The van der Waals surface area contributed by atoms with E-state index in [4.69, 9.17) is 4.74 Å². The molecule has 9 nitrogen and oxygen atoms in total. The zero-order valence-electron chi connectivity index (χ0n) is 22.2. The lowest BCUT2D eigenvalue weighted by Gasteiger charge is -2.36. The molecule has 2 bridgehead atoms. The molecule has 3 unspecified atom stereocenters. The van der Waals surface area contributed by atoms with Crippen molar-refractivity contribution < 1.29 is 24.2 Å². The van der Waals surface area contributed by atoms with Crippen LogP contribution >= 0.6 is 0 Å². The zero-order chi connectivity index (χ0) is 26.4. The first-order valence-corrected chi connectivity index (χ1v) is 13.1. The molecular weight excluding hydrogens is 460 g/mol. The predicted molar refractivity (Wildman–Crippen MR) is 137 cm³/mol. The number of likely N-dealkylation sites (tertiary alicyclic amines) is 1. The Hall–Kier alpha value is -2.65. The van der Waals surface area contributed by atoms with Crippen molar-refractivity contribution in [1.82, 2.24) is 10.2 Å². The molecule has 9 heteroatoms. The number of amides is 3. The largest absolute Gasteiger partial charge is 0.394 e. The molecule has 3 heterocycles. The van der Waals surface area contributed by atoms with Gasteiger partial charge >= 0.3 is 0 Å². The van der Waals surface area contributed by atoms with E-state index in [1.165, 1.54) is 4.90 Å². The normalized spacial score (nSPS) is 33.4. The molecule has 7 atom stereocenters. The van der Waals surface area contributed by atoms with Crippen LogP contribution in [0.5, 0.6) is 0 Å². The van der Waals surface area contributed by atoms with Crippen molar-refractivity contribution in [3.63, 3.8) is 0 Å². The number of anilines is 2. The van der Waals surface area contributed by atoms with Crippen molar-refractivity contribution in [2.75, 3.05) is 37.0 Å². The first kappa shape index (κ1) is 26.4. The molecule has 0 radical (unpaired) electrons. The van der Waals surface area contributed by atoms with Crippen molar-refractivity contribution in [3.05, 3.63) is 24.3 Å². The van der Waals surface area contributed by atoms with Gasteiger partial charge in [0.2, 0.25) is 17.7 Å².